The summed E-state index contributed by atoms with van der Waals surface area (Å²) in [7, 11) is 1.27. The first-order valence-corrected chi connectivity index (χ1v) is 12.7. The van der Waals surface area contributed by atoms with Gasteiger partial charge < -0.3 is 21.1 Å². The number of nitrogens with two attached hydrogens (primary N) is 1. The van der Waals surface area contributed by atoms with Gasteiger partial charge in [-0.3, -0.25) is 9.20 Å². The molecule has 1 amide bonds. The fraction of sp³-hybridized carbons (Fsp3) is 0.296. The Morgan fingerprint density at radius 2 is 1.85 bits per heavy atom. The van der Waals surface area contributed by atoms with Gasteiger partial charge in [0.05, 0.1) is 29.6 Å². The fourth-order valence-electron chi connectivity index (χ4n) is 4.10. The zero-order valence-corrected chi connectivity index (χ0v) is 22.9. The minimum absolute atomic E-state index is 0. The molecular weight excluding hydrogens is 549 g/mol. The number of unbranched alkanes of at least 4 members (excludes halogenated alkanes) is 4. The number of aromatic nitrogens is 3. The van der Waals surface area contributed by atoms with Crippen molar-refractivity contribution < 1.29 is 18.3 Å². The van der Waals surface area contributed by atoms with Crippen LogP contribution in [0, 0.1) is 11.6 Å². The number of anilines is 2. The highest BCUT2D eigenvalue weighted by Gasteiger charge is 2.19. The van der Waals surface area contributed by atoms with Crippen molar-refractivity contribution in [1.29, 1.82) is 0 Å². The lowest BCUT2D eigenvalue weighted by Gasteiger charge is -2.11. The second-order valence-corrected chi connectivity index (χ2v) is 9.10. The molecule has 0 aliphatic carbocycles. The SMILES string of the molecule is COc1ccc(-c2cnc3c(Nc4ccc(C(=O)NCCCCCCCN)c(Cl)c4)nccn23)c(F)c1F.Cl. The Morgan fingerprint density at radius 1 is 1.08 bits per heavy atom. The first-order valence-electron chi connectivity index (χ1n) is 12.3. The predicted octanol–water partition coefficient (Wildman–Crippen LogP) is 6.14. The van der Waals surface area contributed by atoms with Crippen LogP contribution < -0.4 is 21.1 Å². The molecule has 0 aliphatic heterocycles. The van der Waals surface area contributed by atoms with E-state index in [1.54, 1.807) is 28.8 Å². The Bertz CT molecular complexity index is 1430. The van der Waals surface area contributed by atoms with Crippen molar-refractivity contribution in [1.82, 2.24) is 19.7 Å². The maximum atomic E-state index is 14.7. The Hall–Kier alpha value is -3.47. The molecule has 2 aromatic carbocycles. The minimum Gasteiger partial charge on any atom is -0.494 e. The van der Waals surface area contributed by atoms with Crippen LogP contribution in [-0.4, -0.2) is 40.5 Å². The van der Waals surface area contributed by atoms with Crippen molar-refractivity contribution in [3.05, 3.63) is 71.1 Å². The molecule has 0 fully saturated rings. The van der Waals surface area contributed by atoms with E-state index in [1.807, 2.05) is 0 Å². The van der Waals surface area contributed by atoms with Crippen LogP contribution in [0.5, 0.6) is 5.75 Å². The maximum Gasteiger partial charge on any atom is 0.252 e. The molecule has 4 aromatic rings. The summed E-state index contributed by atoms with van der Waals surface area (Å²) in [6.07, 6.45) is 9.69. The van der Waals surface area contributed by atoms with Crippen LogP contribution in [0.25, 0.3) is 16.9 Å². The van der Waals surface area contributed by atoms with Crippen molar-refractivity contribution in [3.63, 3.8) is 0 Å². The van der Waals surface area contributed by atoms with Crippen LogP contribution in [0.15, 0.2) is 48.9 Å². The number of methoxy groups -OCH3 is 1. The molecule has 0 unspecified atom stereocenters. The van der Waals surface area contributed by atoms with E-state index in [4.69, 9.17) is 22.1 Å². The average molecular weight is 579 g/mol. The maximum absolute atomic E-state index is 14.7. The Kier molecular flexibility index (Phi) is 10.8. The highest BCUT2D eigenvalue weighted by atomic mass is 35.5. The van der Waals surface area contributed by atoms with E-state index in [0.717, 1.165) is 32.1 Å². The Balaban J connectivity index is 0.00000420. The van der Waals surface area contributed by atoms with Crippen LogP contribution >= 0.6 is 24.0 Å². The summed E-state index contributed by atoms with van der Waals surface area (Å²) < 4.78 is 35.5. The van der Waals surface area contributed by atoms with Gasteiger partial charge in [-0.1, -0.05) is 30.9 Å². The molecule has 208 valence electrons. The van der Waals surface area contributed by atoms with E-state index in [0.29, 0.717) is 41.5 Å². The van der Waals surface area contributed by atoms with Crippen molar-refractivity contribution in [2.75, 3.05) is 25.5 Å². The molecule has 0 aliphatic rings. The van der Waals surface area contributed by atoms with Gasteiger partial charge >= 0.3 is 0 Å². The lowest BCUT2D eigenvalue weighted by Crippen LogP contribution is -2.24. The molecular formula is C27H30Cl2F2N6O2. The Morgan fingerprint density at radius 3 is 2.59 bits per heavy atom. The summed E-state index contributed by atoms with van der Waals surface area (Å²) in [5, 5.41) is 6.31. The van der Waals surface area contributed by atoms with Crippen LogP contribution in [-0.2, 0) is 0 Å². The lowest BCUT2D eigenvalue weighted by molar-refractivity contribution is 0.0953. The second kappa shape index (κ2) is 14.1. The molecule has 0 spiro atoms. The highest BCUT2D eigenvalue weighted by Crippen LogP contribution is 2.32. The third kappa shape index (κ3) is 6.95. The molecule has 8 nitrogen and oxygen atoms in total. The van der Waals surface area contributed by atoms with E-state index in [-0.39, 0.29) is 34.6 Å². The van der Waals surface area contributed by atoms with Crippen LogP contribution in [0.3, 0.4) is 0 Å². The van der Waals surface area contributed by atoms with Crippen LogP contribution in [0.1, 0.15) is 42.5 Å². The predicted molar refractivity (Wildman–Crippen MR) is 151 cm³/mol. The van der Waals surface area contributed by atoms with Gasteiger partial charge in [-0.15, -0.1) is 12.4 Å². The summed E-state index contributed by atoms with van der Waals surface area (Å²) in [5.74, 6) is -2.17. The number of carbonyl (C=O) groups excluding carboxylic acids is 1. The summed E-state index contributed by atoms with van der Waals surface area (Å²) in [6, 6.07) is 7.75. The molecule has 0 saturated carbocycles. The first kappa shape index (κ1) is 30.1. The molecule has 2 aromatic heterocycles. The standard InChI is InChI=1S/C27H29ClF2N6O2.ClH/c1-38-22-10-9-19(23(29)24(22)30)21-16-34-26-25(32-13-14-36(21)26)35-17-7-8-18(20(28)15-17)27(37)33-12-6-4-2-3-5-11-31;/h7-10,13-16H,2-6,11-12,31H2,1H3,(H,32,35)(H,33,37);1H. The van der Waals surface area contributed by atoms with Crippen molar-refractivity contribution >= 4 is 47.1 Å². The Labute approximate surface area is 236 Å². The third-order valence-corrected chi connectivity index (χ3v) is 6.43. The average Bonchev–Trinajstić information content (AvgIpc) is 3.34. The molecule has 0 radical (unpaired) electrons. The number of fused-ring (bicyclic) bond motifs is 1. The van der Waals surface area contributed by atoms with E-state index in [9.17, 15) is 13.6 Å². The number of rotatable bonds is 12. The van der Waals surface area contributed by atoms with Gasteiger partial charge in [0.15, 0.2) is 23.0 Å². The van der Waals surface area contributed by atoms with Crippen molar-refractivity contribution in [3.8, 4) is 17.0 Å². The number of imidazole rings is 1. The summed E-state index contributed by atoms with van der Waals surface area (Å²) in [5.41, 5.74) is 7.21. The van der Waals surface area contributed by atoms with Crippen LogP contribution in [0.4, 0.5) is 20.3 Å². The fourth-order valence-corrected chi connectivity index (χ4v) is 4.37. The smallest absolute Gasteiger partial charge is 0.252 e. The van der Waals surface area contributed by atoms with Gasteiger partial charge in [-0.25, -0.2) is 14.4 Å². The van der Waals surface area contributed by atoms with Gasteiger partial charge in [0, 0.05) is 30.2 Å². The monoisotopic (exact) mass is 578 g/mol. The van der Waals surface area contributed by atoms with E-state index in [1.165, 1.54) is 31.6 Å². The van der Waals surface area contributed by atoms with Gasteiger partial charge in [0.1, 0.15) is 0 Å². The summed E-state index contributed by atoms with van der Waals surface area (Å²) in [4.78, 5) is 21.2. The second-order valence-electron chi connectivity index (χ2n) is 8.69. The first-order chi connectivity index (χ1) is 18.4. The number of nitrogens with one attached hydrogen (secondary N) is 2. The zero-order valence-electron chi connectivity index (χ0n) is 21.3. The number of ether oxygens (including phenoxy) is 1. The summed E-state index contributed by atoms with van der Waals surface area (Å²) >= 11 is 6.41. The quantitative estimate of drug-likeness (QED) is 0.174. The molecule has 2 heterocycles. The van der Waals surface area contributed by atoms with Gasteiger partial charge in [-0.2, -0.15) is 4.39 Å². The number of hydrogen-bond acceptors (Lipinski definition) is 6. The minimum atomic E-state index is -1.08. The number of halogens is 4. The number of benzene rings is 2. The van der Waals surface area contributed by atoms with Crippen LogP contribution in [0.2, 0.25) is 5.02 Å². The number of carbonyl (C=O) groups is 1. The lowest BCUT2D eigenvalue weighted by atomic mass is 10.1. The zero-order chi connectivity index (χ0) is 27.1. The molecule has 39 heavy (non-hydrogen) atoms. The molecule has 4 N–H and O–H groups in total. The third-order valence-electron chi connectivity index (χ3n) is 6.11. The van der Waals surface area contributed by atoms with Gasteiger partial charge in [0.25, 0.3) is 5.91 Å². The van der Waals surface area contributed by atoms with Gasteiger partial charge in [-0.05, 0) is 49.7 Å². The number of nitrogens with zero attached hydrogens (tertiary/aromatic N) is 3. The van der Waals surface area contributed by atoms with Gasteiger partial charge in [0.2, 0.25) is 5.82 Å². The molecule has 4 rings (SSSR count). The molecule has 0 atom stereocenters. The summed E-state index contributed by atoms with van der Waals surface area (Å²) in [6.45, 7) is 1.28. The number of hydrogen-bond donors (Lipinski definition) is 3. The molecule has 12 heteroatoms. The normalized spacial score (nSPS) is 10.8. The van der Waals surface area contributed by atoms with Crippen molar-refractivity contribution in [2.45, 2.75) is 32.1 Å². The topological polar surface area (TPSA) is 107 Å². The largest absolute Gasteiger partial charge is 0.494 e. The molecule has 0 saturated heterocycles. The van der Waals surface area contributed by atoms with E-state index in [2.05, 4.69) is 20.6 Å². The number of amides is 1. The van der Waals surface area contributed by atoms with E-state index < -0.39 is 11.6 Å². The highest BCUT2D eigenvalue weighted by molar-refractivity contribution is 6.34. The van der Waals surface area contributed by atoms with E-state index >= 15 is 0 Å². The molecule has 0 bridgehead atoms. The van der Waals surface area contributed by atoms with Crippen molar-refractivity contribution in [2.24, 2.45) is 5.73 Å².